The lowest BCUT2D eigenvalue weighted by atomic mass is 10.0. The minimum Gasteiger partial charge on any atom is -0.477 e. The van der Waals surface area contributed by atoms with Crippen molar-refractivity contribution in [2.75, 3.05) is 4.72 Å². The minimum absolute atomic E-state index is 0.000433. The molecular weight excluding hydrogens is 526 g/mol. The maximum atomic E-state index is 13.9. The number of benzene rings is 3. The van der Waals surface area contributed by atoms with E-state index in [4.69, 9.17) is 21.3 Å². The van der Waals surface area contributed by atoms with Gasteiger partial charge in [0.15, 0.2) is 5.96 Å². The van der Waals surface area contributed by atoms with Crippen molar-refractivity contribution in [3.8, 4) is 11.1 Å². The average Bonchev–Trinajstić information content (AvgIpc) is 2.81. The Morgan fingerprint density at radius 1 is 1.00 bits per heavy atom. The van der Waals surface area contributed by atoms with Gasteiger partial charge >= 0.3 is 6.18 Å². The van der Waals surface area contributed by atoms with Gasteiger partial charge in [0, 0.05) is 22.9 Å². The zero-order valence-electron chi connectivity index (χ0n) is 19.6. The van der Waals surface area contributed by atoms with E-state index < -0.39 is 40.0 Å². The first-order valence-electron chi connectivity index (χ1n) is 10.7. The lowest BCUT2D eigenvalue weighted by Gasteiger charge is -2.23. The molecular formula is C25H23F4N5O3S. The van der Waals surface area contributed by atoms with Gasteiger partial charge in [0.2, 0.25) is 6.10 Å². The van der Waals surface area contributed by atoms with Gasteiger partial charge in [-0.1, -0.05) is 55.1 Å². The number of nitrogens with zero attached hydrogens (tertiary/aromatic N) is 1. The van der Waals surface area contributed by atoms with Crippen LogP contribution in [0.1, 0.15) is 17.2 Å². The first-order valence-corrected chi connectivity index (χ1v) is 12.3. The van der Waals surface area contributed by atoms with E-state index in [0.29, 0.717) is 16.7 Å². The molecule has 0 heterocycles. The molecule has 0 saturated heterocycles. The van der Waals surface area contributed by atoms with E-state index in [-0.39, 0.29) is 16.9 Å². The second kappa shape index (κ2) is 11.4. The third kappa shape index (κ3) is 8.08. The van der Waals surface area contributed by atoms with Crippen LogP contribution in [0, 0.1) is 5.82 Å². The predicted molar refractivity (Wildman–Crippen MR) is 138 cm³/mol. The van der Waals surface area contributed by atoms with E-state index in [1.165, 1.54) is 66.7 Å². The van der Waals surface area contributed by atoms with E-state index in [1.807, 2.05) is 0 Å². The largest absolute Gasteiger partial charge is 0.477 e. The Bertz CT molecular complexity index is 1470. The Labute approximate surface area is 216 Å². The number of guanidine groups is 1. The molecule has 0 aromatic heterocycles. The summed E-state index contributed by atoms with van der Waals surface area (Å²) in [6.45, 7) is 3.55. The maximum absolute atomic E-state index is 13.9. The van der Waals surface area contributed by atoms with E-state index in [1.54, 1.807) is 6.07 Å². The number of alkyl halides is 3. The number of anilines is 1. The lowest BCUT2D eigenvalue weighted by Crippen LogP contribution is -2.23. The molecule has 38 heavy (non-hydrogen) atoms. The number of nitrogens with one attached hydrogen (secondary N) is 1. The molecule has 7 N–H and O–H groups in total. The SMILES string of the molecule is C=C(/C=C(\N=C(N)N)c1ccc(NS(N)(=O)=O)cc1)OC(c1ccc(-c2cccc(F)c2)cc1)C(F)(F)F. The number of ether oxygens (including phenoxy) is 1. The highest BCUT2D eigenvalue weighted by molar-refractivity contribution is 7.90. The van der Waals surface area contributed by atoms with Crippen LogP contribution >= 0.6 is 0 Å². The highest BCUT2D eigenvalue weighted by Gasteiger charge is 2.43. The van der Waals surface area contributed by atoms with Gasteiger partial charge in [0.05, 0.1) is 5.70 Å². The van der Waals surface area contributed by atoms with Gasteiger partial charge in [-0.3, -0.25) is 4.72 Å². The molecule has 8 nitrogen and oxygen atoms in total. The molecule has 200 valence electrons. The van der Waals surface area contributed by atoms with Crippen LogP contribution in [0.25, 0.3) is 16.8 Å². The van der Waals surface area contributed by atoms with Gasteiger partial charge < -0.3 is 16.2 Å². The molecule has 0 radical (unpaired) electrons. The highest BCUT2D eigenvalue weighted by Crippen LogP contribution is 2.38. The van der Waals surface area contributed by atoms with Crippen molar-refractivity contribution in [3.05, 3.63) is 108 Å². The Hall–Kier alpha value is -4.36. The smallest absolute Gasteiger partial charge is 0.429 e. The van der Waals surface area contributed by atoms with Crippen LogP contribution in [0.15, 0.2) is 96.2 Å². The highest BCUT2D eigenvalue weighted by atomic mass is 32.2. The summed E-state index contributed by atoms with van der Waals surface area (Å²) < 4.78 is 84.9. The van der Waals surface area contributed by atoms with E-state index in [9.17, 15) is 26.0 Å². The van der Waals surface area contributed by atoms with Crippen LogP contribution in [0.2, 0.25) is 0 Å². The van der Waals surface area contributed by atoms with Crippen molar-refractivity contribution in [1.82, 2.24) is 0 Å². The Kier molecular flexibility index (Phi) is 8.43. The molecule has 0 saturated carbocycles. The number of nitrogens with two attached hydrogens (primary N) is 3. The molecule has 1 atom stereocenters. The Morgan fingerprint density at radius 2 is 1.63 bits per heavy atom. The summed E-state index contributed by atoms with van der Waals surface area (Å²) in [4.78, 5) is 3.90. The van der Waals surface area contributed by atoms with Gasteiger partial charge in [-0.15, -0.1) is 0 Å². The summed E-state index contributed by atoms with van der Waals surface area (Å²) in [7, 11) is -4.01. The first-order chi connectivity index (χ1) is 17.7. The maximum Gasteiger partial charge on any atom is 0.429 e. The number of hydrogen-bond donors (Lipinski definition) is 4. The molecule has 13 heteroatoms. The van der Waals surface area contributed by atoms with Crippen molar-refractivity contribution in [2.24, 2.45) is 21.6 Å². The van der Waals surface area contributed by atoms with Gasteiger partial charge in [-0.25, -0.2) is 14.5 Å². The summed E-state index contributed by atoms with van der Waals surface area (Å²) >= 11 is 0. The standard InChI is InChI=1S/C25H23F4N5O3S/c1-15(13-22(33-24(30)31)17-9-11-21(12-10-17)34-38(32,35)36)37-23(25(27,28)29)18-7-5-16(6-8-18)19-3-2-4-20(26)14-19/h2-14,23,34H,1H2,(H4,30,31,33)(H2,32,35,36)/b22-13-. The van der Waals surface area contributed by atoms with E-state index >= 15 is 0 Å². The average molecular weight is 550 g/mol. The number of rotatable bonds is 9. The normalized spacial score (nSPS) is 12.9. The second-order valence-corrected chi connectivity index (χ2v) is 9.22. The Morgan fingerprint density at radius 3 is 2.16 bits per heavy atom. The summed E-state index contributed by atoms with van der Waals surface area (Å²) in [6.07, 6.45) is -6.09. The van der Waals surface area contributed by atoms with Crippen molar-refractivity contribution in [1.29, 1.82) is 0 Å². The van der Waals surface area contributed by atoms with Crippen LogP contribution in [-0.2, 0) is 14.9 Å². The van der Waals surface area contributed by atoms with Crippen LogP contribution in [0.3, 0.4) is 0 Å². The predicted octanol–water partition coefficient (Wildman–Crippen LogP) is 4.56. The summed E-state index contributed by atoms with van der Waals surface area (Å²) in [5, 5.41) is 4.93. The van der Waals surface area contributed by atoms with Crippen LogP contribution < -0.4 is 21.3 Å². The fourth-order valence-corrected chi connectivity index (χ4v) is 3.84. The summed E-state index contributed by atoms with van der Waals surface area (Å²) in [5.74, 6) is -1.28. The van der Waals surface area contributed by atoms with Gasteiger partial charge in [-0.05, 0) is 35.4 Å². The molecule has 3 aromatic carbocycles. The monoisotopic (exact) mass is 549 g/mol. The molecule has 0 bridgehead atoms. The van der Waals surface area contributed by atoms with Crippen molar-refractivity contribution >= 4 is 27.6 Å². The quantitative estimate of drug-likeness (QED) is 0.102. The molecule has 3 aromatic rings. The number of allylic oxidation sites excluding steroid dienone is 1. The summed E-state index contributed by atoms with van der Waals surface area (Å²) in [5.41, 5.74) is 12.2. The first kappa shape index (κ1) is 28.2. The fourth-order valence-electron chi connectivity index (χ4n) is 3.37. The minimum atomic E-state index is -4.81. The molecule has 1 unspecified atom stereocenters. The molecule has 0 fully saturated rings. The third-order valence-corrected chi connectivity index (χ3v) is 5.45. The Balaban J connectivity index is 1.88. The van der Waals surface area contributed by atoms with Crippen molar-refractivity contribution < 1.29 is 30.7 Å². The van der Waals surface area contributed by atoms with Crippen LogP contribution in [-0.4, -0.2) is 20.6 Å². The molecule has 0 aliphatic heterocycles. The number of hydrogen-bond acceptors (Lipinski definition) is 4. The number of halogens is 4. The van der Waals surface area contributed by atoms with Crippen LogP contribution in [0.4, 0.5) is 23.2 Å². The van der Waals surface area contributed by atoms with Gasteiger partial charge in [-0.2, -0.15) is 21.6 Å². The van der Waals surface area contributed by atoms with Crippen molar-refractivity contribution in [2.45, 2.75) is 12.3 Å². The van der Waals surface area contributed by atoms with Gasteiger partial charge in [0.1, 0.15) is 11.6 Å². The molecule has 0 aliphatic carbocycles. The summed E-state index contributed by atoms with van der Waals surface area (Å²) in [6, 6.07) is 16.5. The topological polar surface area (TPSA) is 146 Å². The molecule has 0 spiro atoms. The van der Waals surface area contributed by atoms with Gasteiger partial charge in [0.25, 0.3) is 10.2 Å². The van der Waals surface area contributed by atoms with E-state index in [2.05, 4.69) is 16.3 Å². The molecule has 0 amide bonds. The van der Waals surface area contributed by atoms with Crippen molar-refractivity contribution in [3.63, 3.8) is 0 Å². The van der Waals surface area contributed by atoms with E-state index in [0.717, 1.165) is 6.08 Å². The van der Waals surface area contributed by atoms with Crippen LogP contribution in [0.5, 0.6) is 0 Å². The fraction of sp³-hybridized carbons (Fsp3) is 0.0800. The molecule has 3 rings (SSSR count). The molecule has 0 aliphatic rings. The number of aliphatic imine (C=N–C) groups is 1. The lowest BCUT2D eigenvalue weighted by molar-refractivity contribution is -0.211. The zero-order chi connectivity index (χ0) is 28.1. The zero-order valence-corrected chi connectivity index (χ0v) is 20.4. The third-order valence-electron chi connectivity index (χ3n) is 4.93. The second-order valence-electron chi connectivity index (χ2n) is 7.93.